The van der Waals surface area contributed by atoms with Crippen molar-refractivity contribution in [2.24, 2.45) is 0 Å². The number of nitrogens with one attached hydrogen (secondary N) is 2. The van der Waals surface area contributed by atoms with Crippen LogP contribution in [0.4, 0.5) is 11.5 Å². The van der Waals surface area contributed by atoms with Crippen LogP contribution in [0.15, 0.2) is 60.8 Å². The van der Waals surface area contributed by atoms with E-state index in [9.17, 15) is 10.1 Å². The van der Waals surface area contributed by atoms with Gasteiger partial charge in [-0.05, 0) is 23.6 Å². The third kappa shape index (κ3) is 3.54. The molecule has 0 spiro atoms. The zero-order valence-corrected chi connectivity index (χ0v) is 18.4. The molecule has 162 valence electrons. The maximum atomic E-state index is 13.0. The number of carbonyl (C=O) groups excluding carboxylic acids is 1. The minimum absolute atomic E-state index is 0.122. The molecule has 33 heavy (non-hydrogen) atoms. The van der Waals surface area contributed by atoms with Gasteiger partial charge in [-0.2, -0.15) is 5.26 Å². The van der Waals surface area contributed by atoms with E-state index in [1.165, 1.54) is 11.3 Å². The van der Waals surface area contributed by atoms with E-state index in [1.807, 2.05) is 54.7 Å². The zero-order chi connectivity index (χ0) is 22.9. The minimum atomic E-state index is -0.272. The molecule has 0 bridgehead atoms. The number of nitrogen functional groups attached to an aromatic ring is 2. The van der Waals surface area contributed by atoms with Crippen molar-refractivity contribution >= 4 is 49.9 Å². The van der Waals surface area contributed by atoms with Gasteiger partial charge in [0, 0.05) is 34.6 Å². The Hall–Kier alpha value is -4.35. The van der Waals surface area contributed by atoms with Crippen LogP contribution in [0, 0.1) is 11.3 Å². The highest BCUT2D eigenvalue weighted by Crippen LogP contribution is 2.42. The number of aromatic amines is 1. The Morgan fingerprint density at radius 1 is 1.12 bits per heavy atom. The maximum absolute atomic E-state index is 13.0. The second-order valence-electron chi connectivity index (χ2n) is 7.62. The monoisotopic (exact) mass is 452 g/mol. The molecule has 0 saturated carbocycles. The van der Waals surface area contributed by atoms with Gasteiger partial charge in [-0.25, -0.2) is 4.98 Å². The van der Waals surface area contributed by atoms with Crippen molar-refractivity contribution in [3.05, 3.63) is 76.8 Å². The summed E-state index contributed by atoms with van der Waals surface area (Å²) in [6.07, 6.45) is 2.65. The molecule has 3 heterocycles. The summed E-state index contributed by atoms with van der Waals surface area (Å²) in [7, 11) is 0. The maximum Gasteiger partial charge on any atom is 0.263 e. The first-order chi connectivity index (χ1) is 16.1. The van der Waals surface area contributed by atoms with E-state index in [2.05, 4.69) is 27.4 Å². The van der Waals surface area contributed by atoms with Crippen LogP contribution in [0.2, 0.25) is 0 Å². The molecule has 7 nitrogen and oxygen atoms in total. The fraction of sp³-hybridized carbons (Fsp3) is 0.0800. The summed E-state index contributed by atoms with van der Waals surface area (Å²) < 4.78 is 0. The van der Waals surface area contributed by atoms with Gasteiger partial charge in [0.15, 0.2) is 0 Å². The van der Waals surface area contributed by atoms with Crippen molar-refractivity contribution in [2.75, 3.05) is 18.0 Å². The first-order valence-electron chi connectivity index (χ1n) is 10.4. The van der Waals surface area contributed by atoms with Crippen LogP contribution >= 0.6 is 11.3 Å². The van der Waals surface area contributed by atoms with Crippen molar-refractivity contribution < 1.29 is 4.79 Å². The van der Waals surface area contributed by atoms with E-state index in [0.29, 0.717) is 39.3 Å². The topological polar surface area (TPSA) is 134 Å². The van der Waals surface area contributed by atoms with Gasteiger partial charge < -0.3 is 21.8 Å². The first kappa shape index (κ1) is 20.5. The van der Waals surface area contributed by atoms with Gasteiger partial charge in [-0.15, -0.1) is 11.3 Å². The standard InChI is InChI=1S/C25H20N6OS/c26-12-17-19(14-6-2-1-3-7-14)20-21(27)22(33-25(20)31-23(17)28)24(32)29-11-10-15-13-30-18-9-5-4-8-16(15)18/h1-9,13,30H,10-11,27H2,(H2,28,31)(H,29,32). The Kier molecular flexibility index (Phi) is 5.17. The number of nitrogens with two attached hydrogens (primary N) is 2. The number of aromatic nitrogens is 2. The van der Waals surface area contributed by atoms with Gasteiger partial charge in [-0.3, -0.25) is 4.79 Å². The van der Waals surface area contributed by atoms with E-state index >= 15 is 0 Å². The number of pyridine rings is 1. The number of amides is 1. The van der Waals surface area contributed by atoms with E-state index in [1.54, 1.807) is 0 Å². The third-order valence-electron chi connectivity index (χ3n) is 5.64. The lowest BCUT2D eigenvalue weighted by molar-refractivity contribution is 0.0959. The van der Waals surface area contributed by atoms with Crippen molar-refractivity contribution in [3.63, 3.8) is 0 Å². The Morgan fingerprint density at radius 3 is 2.67 bits per heavy atom. The quantitative estimate of drug-likeness (QED) is 0.312. The lowest BCUT2D eigenvalue weighted by Crippen LogP contribution is -2.25. The predicted molar refractivity (Wildman–Crippen MR) is 133 cm³/mol. The summed E-state index contributed by atoms with van der Waals surface area (Å²) >= 11 is 1.18. The van der Waals surface area contributed by atoms with E-state index < -0.39 is 0 Å². The molecule has 5 aromatic rings. The number of anilines is 2. The van der Waals surface area contributed by atoms with E-state index in [0.717, 1.165) is 22.0 Å². The number of nitrogens with zero attached hydrogens (tertiary/aromatic N) is 2. The Balaban J connectivity index is 1.47. The molecule has 2 aromatic carbocycles. The molecule has 0 aliphatic heterocycles. The molecule has 0 aliphatic rings. The first-order valence-corrected chi connectivity index (χ1v) is 11.2. The van der Waals surface area contributed by atoms with Gasteiger partial charge in [0.1, 0.15) is 27.2 Å². The number of rotatable bonds is 5. The van der Waals surface area contributed by atoms with Gasteiger partial charge >= 0.3 is 0 Å². The van der Waals surface area contributed by atoms with E-state index in [4.69, 9.17) is 11.5 Å². The summed E-state index contributed by atoms with van der Waals surface area (Å²) in [4.78, 5) is 21.5. The number of hydrogen-bond acceptors (Lipinski definition) is 6. The summed E-state index contributed by atoms with van der Waals surface area (Å²) in [5, 5.41) is 14.4. The largest absolute Gasteiger partial charge is 0.397 e. The summed E-state index contributed by atoms with van der Waals surface area (Å²) in [6.45, 7) is 0.457. The van der Waals surface area contributed by atoms with Crippen LogP contribution in [-0.2, 0) is 6.42 Å². The number of para-hydroxylation sites is 1. The highest BCUT2D eigenvalue weighted by molar-refractivity contribution is 7.21. The second kappa shape index (κ2) is 8.30. The SMILES string of the molecule is N#Cc1c(N)nc2sc(C(=O)NCCc3c[nH]c4ccccc34)c(N)c2c1-c1ccccc1. The van der Waals surface area contributed by atoms with Crippen LogP contribution in [0.1, 0.15) is 20.8 Å². The molecule has 3 aromatic heterocycles. The highest BCUT2D eigenvalue weighted by Gasteiger charge is 2.24. The molecule has 6 N–H and O–H groups in total. The van der Waals surface area contributed by atoms with Crippen LogP contribution in [0.25, 0.3) is 32.2 Å². The molecule has 0 fully saturated rings. The zero-order valence-electron chi connectivity index (χ0n) is 17.6. The summed E-state index contributed by atoms with van der Waals surface area (Å²) in [5.41, 5.74) is 16.7. The molecule has 5 rings (SSSR count). The number of carbonyl (C=O) groups is 1. The Morgan fingerprint density at radius 2 is 1.88 bits per heavy atom. The number of hydrogen-bond donors (Lipinski definition) is 4. The van der Waals surface area contributed by atoms with Crippen molar-refractivity contribution in [3.8, 4) is 17.2 Å². The number of fused-ring (bicyclic) bond motifs is 2. The molecular weight excluding hydrogens is 432 g/mol. The number of H-pyrrole nitrogens is 1. The molecule has 0 atom stereocenters. The number of nitriles is 1. The molecule has 0 saturated heterocycles. The predicted octanol–water partition coefficient (Wildman–Crippen LogP) is 4.45. The average molecular weight is 453 g/mol. The van der Waals surface area contributed by atoms with Crippen molar-refractivity contribution in [1.29, 1.82) is 5.26 Å². The summed E-state index contributed by atoms with van der Waals surface area (Å²) in [5.74, 6) is -0.150. The van der Waals surface area contributed by atoms with Crippen molar-refractivity contribution in [2.45, 2.75) is 6.42 Å². The fourth-order valence-corrected chi connectivity index (χ4v) is 5.10. The lowest BCUT2D eigenvalue weighted by Gasteiger charge is -2.09. The van der Waals surface area contributed by atoms with Crippen LogP contribution in [-0.4, -0.2) is 22.4 Å². The average Bonchev–Trinajstić information content (AvgIpc) is 3.39. The van der Waals surface area contributed by atoms with Crippen LogP contribution in [0.3, 0.4) is 0 Å². The van der Waals surface area contributed by atoms with E-state index in [-0.39, 0.29) is 17.3 Å². The van der Waals surface area contributed by atoms with Crippen LogP contribution in [0.5, 0.6) is 0 Å². The molecule has 8 heteroatoms. The van der Waals surface area contributed by atoms with Gasteiger partial charge in [0.2, 0.25) is 0 Å². The van der Waals surface area contributed by atoms with Gasteiger partial charge in [0.25, 0.3) is 5.91 Å². The third-order valence-corrected chi connectivity index (χ3v) is 6.74. The second-order valence-corrected chi connectivity index (χ2v) is 8.61. The van der Waals surface area contributed by atoms with Crippen LogP contribution < -0.4 is 16.8 Å². The number of benzene rings is 2. The highest BCUT2D eigenvalue weighted by atomic mass is 32.1. The molecule has 0 aliphatic carbocycles. The Labute approximate surface area is 193 Å². The summed E-state index contributed by atoms with van der Waals surface area (Å²) in [6, 6.07) is 19.6. The smallest absolute Gasteiger partial charge is 0.263 e. The Bertz CT molecular complexity index is 1540. The molecule has 1 amide bonds. The molecule has 0 radical (unpaired) electrons. The minimum Gasteiger partial charge on any atom is -0.397 e. The lowest BCUT2D eigenvalue weighted by atomic mass is 9.97. The normalized spacial score (nSPS) is 11.0. The van der Waals surface area contributed by atoms with Gasteiger partial charge in [0.05, 0.1) is 5.69 Å². The molecule has 0 unspecified atom stereocenters. The number of thiophene rings is 1. The van der Waals surface area contributed by atoms with Crippen molar-refractivity contribution in [1.82, 2.24) is 15.3 Å². The fourth-order valence-electron chi connectivity index (χ4n) is 4.07. The molecular formula is C25H20N6OS. The van der Waals surface area contributed by atoms with Gasteiger partial charge in [-0.1, -0.05) is 48.5 Å².